The fraction of sp³-hybridized carbons (Fsp3) is 0.529. The van der Waals surface area contributed by atoms with E-state index < -0.39 is 0 Å². The SMILES string of the molecule is CCC(C(=O)N(C)CC(=O)N(CC)CC)c1ccccc1. The van der Waals surface area contributed by atoms with Crippen LogP contribution in [0.2, 0.25) is 0 Å². The van der Waals surface area contributed by atoms with E-state index in [9.17, 15) is 9.59 Å². The third-order valence-corrected chi connectivity index (χ3v) is 3.77. The molecule has 0 aromatic heterocycles. The summed E-state index contributed by atoms with van der Waals surface area (Å²) in [4.78, 5) is 28.0. The number of rotatable bonds is 7. The molecule has 21 heavy (non-hydrogen) atoms. The molecule has 4 nitrogen and oxygen atoms in total. The highest BCUT2D eigenvalue weighted by molar-refractivity contribution is 5.88. The Bertz CT molecular complexity index is 455. The molecule has 0 radical (unpaired) electrons. The lowest BCUT2D eigenvalue weighted by Crippen LogP contribution is -2.42. The smallest absolute Gasteiger partial charge is 0.242 e. The third-order valence-electron chi connectivity index (χ3n) is 3.77. The number of carbonyl (C=O) groups is 2. The Labute approximate surface area is 127 Å². The third kappa shape index (κ3) is 4.59. The zero-order valence-corrected chi connectivity index (χ0v) is 13.5. The van der Waals surface area contributed by atoms with Crippen LogP contribution in [0, 0.1) is 0 Å². The van der Waals surface area contributed by atoms with Gasteiger partial charge in [-0.05, 0) is 25.8 Å². The van der Waals surface area contributed by atoms with Crippen molar-refractivity contribution in [2.75, 3.05) is 26.7 Å². The topological polar surface area (TPSA) is 40.6 Å². The molecule has 0 fully saturated rings. The highest BCUT2D eigenvalue weighted by Gasteiger charge is 2.24. The van der Waals surface area contributed by atoms with Crippen LogP contribution in [0.4, 0.5) is 0 Å². The summed E-state index contributed by atoms with van der Waals surface area (Å²) < 4.78 is 0. The first kappa shape index (κ1) is 17.2. The summed E-state index contributed by atoms with van der Waals surface area (Å²) in [5.41, 5.74) is 1.01. The van der Waals surface area contributed by atoms with E-state index in [1.54, 1.807) is 16.8 Å². The van der Waals surface area contributed by atoms with Crippen LogP contribution in [0.5, 0.6) is 0 Å². The minimum absolute atomic E-state index is 0.00114. The van der Waals surface area contributed by atoms with Gasteiger partial charge in [0.1, 0.15) is 0 Å². The molecule has 1 atom stereocenters. The van der Waals surface area contributed by atoms with Crippen LogP contribution < -0.4 is 0 Å². The van der Waals surface area contributed by atoms with Crippen molar-refractivity contribution in [3.63, 3.8) is 0 Å². The molecule has 1 aromatic rings. The molecule has 0 heterocycles. The summed E-state index contributed by atoms with van der Waals surface area (Å²) >= 11 is 0. The molecule has 2 amide bonds. The van der Waals surface area contributed by atoms with Gasteiger partial charge in [-0.25, -0.2) is 0 Å². The van der Waals surface area contributed by atoms with E-state index in [2.05, 4.69) is 0 Å². The molecule has 0 bridgehead atoms. The summed E-state index contributed by atoms with van der Waals surface area (Å²) in [6.45, 7) is 7.38. The van der Waals surface area contributed by atoms with Gasteiger partial charge in [0.2, 0.25) is 11.8 Å². The molecule has 0 aliphatic heterocycles. The maximum Gasteiger partial charge on any atom is 0.242 e. The number of hydrogen-bond donors (Lipinski definition) is 0. The Kier molecular flexibility index (Phi) is 6.92. The van der Waals surface area contributed by atoms with Gasteiger partial charge in [-0.15, -0.1) is 0 Å². The average molecular weight is 290 g/mol. The fourth-order valence-corrected chi connectivity index (χ4v) is 2.46. The Morgan fingerprint density at radius 1 is 1.05 bits per heavy atom. The van der Waals surface area contributed by atoms with E-state index in [-0.39, 0.29) is 24.3 Å². The first-order valence-electron chi connectivity index (χ1n) is 7.62. The van der Waals surface area contributed by atoms with Crippen molar-refractivity contribution in [2.24, 2.45) is 0 Å². The maximum absolute atomic E-state index is 12.6. The number of hydrogen-bond acceptors (Lipinski definition) is 2. The molecular formula is C17H26N2O2. The molecule has 0 N–H and O–H groups in total. The van der Waals surface area contributed by atoms with Crippen molar-refractivity contribution in [3.05, 3.63) is 35.9 Å². The monoisotopic (exact) mass is 290 g/mol. The predicted molar refractivity (Wildman–Crippen MR) is 85.0 cm³/mol. The standard InChI is InChI=1S/C17H26N2O2/c1-5-15(14-11-9-8-10-12-14)17(21)18(4)13-16(20)19(6-2)7-3/h8-12,15H,5-7,13H2,1-4H3. The highest BCUT2D eigenvalue weighted by atomic mass is 16.2. The van der Waals surface area contributed by atoms with Crippen LogP contribution in [-0.4, -0.2) is 48.3 Å². The molecule has 0 saturated carbocycles. The van der Waals surface area contributed by atoms with Crippen LogP contribution in [0.1, 0.15) is 38.7 Å². The maximum atomic E-state index is 12.6. The minimum Gasteiger partial charge on any atom is -0.342 e. The van der Waals surface area contributed by atoms with Gasteiger partial charge in [-0.3, -0.25) is 9.59 Å². The van der Waals surface area contributed by atoms with Crippen LogP contribution in [-0.2, 0) is 9.59 Å². The van der Waals surface area contributed by atoms with Crippen molar-refractivity contribution >= 4 is 11.8 Å². The van der Waals surface area contributed by atoms with E-state index in [1.165, 1.54) is 0 Å². The average Bonchev–Trinajstić information content (AvgIpc) is 2.50. The Morgan fingerprint density at radius 3 is 2.10 bits per heavy atom. The first-order valence-corrected chi connectivity index (χ1v) is 7.62. The number of carbonyl (C=O) groups excluding carboxylic acids is 2. The van der Waals surface area contributed by atoms with E-state index in [4.69, 9.17) is 0 Å². The first-order chi connectivity index (χ1) is 10.0. The van der Waals surface area contributed by atoms with E-state index in [0.717, 1.165) is 12.0 Å². The Hall–Kier alpha value is -1.84. The second-order valence-corrected chi connectivity index (χ2v) is 5.13. The summed E-state index contributed by atoms with van der Waals surface area (Å²) in [7, 11) is 1.70. The summed E-state index contributed by atoms with van der Waals surface area (Å²) in [5, 5.41) is 0. The molecule has 0 aliphatic rings. The largest absolute Gasteiger partial charge is 0.342 e. The van der Waals surface area contributed by atoms with Crippen molar-refractivity contribution < 1.29 is 9.59 Å². The number of likely N-dealkylation sites (N-methyl/N-ethyl adjacent to an activating group) is 2. The van der Waals surface area contributed by atoms with Gasteiger partial charge in [-0.1, -0.05) is 37.3 Å². The fourth-order valence-electron chi connectivity index (χ4n) is 2.46. The Balaban J connectivity index is 2.74. The van der Waals surface area contributed by atoms with Crippen molar-refractivity contribution in [2.45, 2.75) is 33.1 Å². The molecule has 0 saturated heterocycles. The van der Waals surface area contributed by atoms with E-state index in [1.807, 2.05) is 51.1 Å². The van der Waals surface area contributed by atoms with E-state index >= 15 is 0 Å². The molecule has 0 spiro atoms. The lowest BCUT2D eigenvalue weighted by Gasteiger charge is -2.26. The lowest BCUT2D eigenvalue weighted by atomic mass is 9.95. The van der Waals surface area contributed by atoms with Crippen molar-refractivity contribution in [1.29, 1.82) is 0 Å². The second kappa shape index (κ2) is 8.45. The number of benzene rings is 1. The van der Waals surface area contributed by atoms with Gasteiger partial charge in [0, 0.05) is 20.1 Å². The lowest BCUT2D eigenvalue weighted by molar-refractivity contribution is -0.140. The van der Waals surface area contributed by atoms with Gasteiger partial charge in [0.05, 0.1) is 12.5 Å². The van der Waals surface area contributed by atoms with Crippen molar-refractivity contribution in [1.82, 2.24) is 9.80 Å². The van der Waals surface area contributed by atoms with Gasteiger partial charge in [0.25, 0.3) is 0 Å². The van der Waals surface area contributed by atoms with Crippen LogP contribution in [0.15, 0.2) is 30.3 Å². The van der Waals surface area contributed by atoms with Crippen LogP contribution >= 0.6 is 0 Å². The molecule has 116 valence electrons. The molecule has 1 rings (SSSR count). The molecule has 1 unspecified atom stereocenters. The summed E-state index contributed by atoms with van der Waals surface area (Å²) in [6.07, 6.45) is 0.729. The zero-order valence-electron chi connectivity index (χ0n) is 13.5. The van der Waals surface area contributed by atoms with E-state index in [0.29, 0.717) is 13.1 Å². The molecule has 1 aromatic carbocycles. The van der Waals surface area contributed by atoms with Crippen molar-refractivity contribution in [3.8, 4) is 0 Å². The second-order valence-electron chi connectivity index (χ2n) is 5.13. The predicted octanol–water partition coefficient (Wildman–Crippen LogP) is 2.51. The number of amides is 2. The van der Waals surface area contributed by atoms with Gasteiger partial charge in [0.15, 0.2) is 0 Å². The van der Waals surface area contributed by atoms with Crippen LogP contribution in [0.25, 0.3) is 0 Å². The van der Waals surface area contributed by atoms with Gasteiger partial charge >= 0.3 is 0 Å². The normalized spacial score (nSPS) is 11.8. The minimum atomic E-state index is -0.180. The Morgan fingerprint density at radius 2 is 1.62 bits per heavy atom. The molecule has 4 heteroatoms. The molecular weight excluding hydrogens is 264 g/mol. The summed E-state index contributed by atoms with van der Waals surface area (Å²) in [5.74, 6) is -0.177. The highest BCUT2D eigenvalue weighted by Crippen LogP contribution is 2.21. The van der Waals surface area contributed by atoms with Gasteiger partial charge < -0.3 is 9.80 Å². The molecule has 0 aliphatic carbocycles. The van der Waals surface area contributed by atoms with Crippen LogP contribution in [0.3, 0.4) is 0 Å². The zero-order chi connectivity index (χ0) is 15.8. The quantitative estimate of drug-likeness (QED) is 0.774. The summed E-state index contributed by atoms with van der Waals surface area (Å²) in [6, 6.07) is 9.74. The number of nitrogens with zero attached hydrogens (tertiary/aromatic N) is 2. The van der Waals surface area contributed by atoms with Gasteiger partial charge in [-0.2, -0.15) is 0 Å².